The van der Waals surface area contributed by atoms with E-state index in [0.29, 0.717) is 6.61 Å². The first-order valence-electron chi connectivity index (χ1n) is 7.11. The van der Waals surface area contributed by atoms with Crippen molar-refractivity contribution in [3.8, 4) is 0 Å². The molecule has 1 aromatic heterocycles. The summed E-state index contributed by atoms with van der Waals surface area (Å²) in [6.07, 6.45) is -0.447. The predicted molar refractivity (Wildman–Crippen MR) is 97.1 cm³/mol. The monoisotopic (exact) mass is 395 g/mol. The van der Waals surface area contributed by atoms with Crippen LogP contribution in [0.5, 0.6) is 0 Å². The molecule has 4 atom stereocenters. The largest absolute Gasteiger partial charge is 0.388 e. The molecule has 0 saturated carbocycles. The molecule has 0 aromatic carbocycles. The average Bonchev–Trinajstić information content (AvgIpc) is 3.05. The summed E-state index contributed by atoms with van der Waals surface area (Å²) < 4.78 is 11.2. The van der Waals surface area contributed by atoms with Crippen LogP contribution in [0.2, 0.25) is 0 Å². The van der Waals surface area contributed by atoms with E-state index < -0.39 is 22.7 Å². The molecule has 7 nitrogen and oxygen atoms in total. The molecule has 0 amide bonds. The molecule has 2 fully saturated rings. The molecule has 2 aliphatic heterocycles. The number of nitrogens with two attached hydrogens (primary N) is 1. The number of rotatable bonds is 4. The molecule has 3 N–H and O–H groups in total. The number of aliphatic hydroxyl groups excluding tert-OH is 1. The maximum atomic E-state index is 11.9. The Bertz CT molecular complexity index is 678. The highest BCUT2D eigenvalue weighted by Gasteiger charge is 2.43. The normalized spacial score (nSPS) is 33.1. The van der Waals surface area contributed by atoms with Crippen LogP contribution in [-0.2, 0) is 21.1 Å². The minimum Gasteiger partial charge on any atom is -0.388 e. The predicted octanol–water partition coefficient (Wildman–Crippen LogP) is 1.44. The third-order valence-electron chi connectivity index (χ3n) is 3.84. The van der Waals surface area contributed by atoms with Crippen molar-refractivity contribution in [2.75, 3.05) is 23.8 Å². The van der Waals surface area contributed by atoms with Crippen molar-refractivity contribution in [1.29, 1.82) is 0 Å². The summed E-state index contributed by atoms with van der Waals surface area (Å²) in [7, 11) is 0. The number of hydrogen-bond acceptors (Lipinski definition) is 9. The minimum atomic E-state index is -1.87. The molecule has 1 aromatic rings. The second-order valence-electron chi connectivity index (χ2n) is 5.37. The SMILES string of the molecule is C[C@H]1[C@@H](O)[C@H](n2ccc(N)nc2=O)O[C@@H]1COP1(=S)SCCS1. The topological polar surface area (TPSA) is 99.6 Å². The van der Waals surface area contributed by atoms with Crippen LogP contribution in [0.3, 0.4) is 0 Å². The fourth-order valence-corrected chi connectivity index (χ4v) is 11.3. The van der Waals surface area contributed by atoms with Gasteiger partial charge >= 0.3 is 5.69 Å². The van der Waals surface area contributed by atoms with Crippen LogP contribution < -0.4 is 11.4 Å². The molecule has 128 valence electrons. The Morgan fingerprint density at radius 2 is 2.30 bits per heavy atom. The molecule has 3 heterocycles. The summed E-state index contributed by atoms with van der Waals surface area (Å²) >= 11 is 8.95. The first kappa shape index (κ1) is 17.7. The molecule has 3 rings (SSSR count). The van der Waals surface area contributed by atoms with Gasteiger partial charge in [-0.3, -0.25) is 4.57 Å². The first-order valence-corrected chi connectivity index (χ1v) is 13.0. The molecule has 0 spiro atoms. The Morgan fingerprint density at radius 3 is 2.96 bits per heavy atom. The lowest BCUT2D eigenvalue weighted by Crippen LogP contribution is -2.33. The van der Waals surface area contributed by atoms with Gasteiger partial charge in [0.15, 0.2) is 10.9 Å². The number of aromatic nitrogens is 2. The van der Waals surface area contributed by atoms with Crippen molar-refractivity contribution in [3.05, 3.63) is 22.7 Å². The van der Waals surface area contributed by atoms with Gasteiger partial charge in [0.25, 0.3) is 0 Å². The van der Waals surface area contributed by atoms with Crippen LogP contribution in [0.15, 0.2) is 17.1 Å². The number of hydrogen-bond donors (Lipinski definition) is 2. The molecule has 2 aliphatic rings. The number of nitrogens with zero attached hydrogens (tertiary/aromatic N) is 2. The minimum absolute atomic E-state index is 0.139. The second kappa shape index (κ2) is 7.03. The van der Waals surface area contributed by atoms with Gasteiger partial charge in [-0.25, -0.2) is 4.79 Å². The Hall–Kier alpha value is -0.0900. The third kappa shape index (κ3) is 3.78. The van der Waals surface area contributed by atoms with E-state index in [2.05, 4.69) is 4.98 Å². The van der Waals surface area contributed by atoms with E-state index in [9.17, 15) is 9.90 Å². The molecular weight excluding hydrogens is 377 g/mol. The summed E-state index contributed by atoms with van der Waals surface area (Å²) in [4.78, 5) is 15.6. The standard InChI is InChI=1S/C12H18N3O4PS3/c1-7-8(6-18-20(21)22-4-5-23-20)19-11(10(7)16)15-3-2-9(13)14-12(15)17/h2-3,7-8,10-11,16H,4-6H2,1H3,(H2,13,14,17)/t7-,8-,10-,11-/m1/s1. The van der Waals surface area contributed by atoms with Gasteiger partial charge < -0.3 is 20.1 Å². The van der Waals surface area contributed by atoms with Crippen molar-refractivity contribution in [2.24, 2.45) is 5.92 Å². The van der Waals surface area contributed by atoms with Crippen molar-refractivity contribution in [3.63, 3.8) is 0 Å². The number of anilines is 1. The average molecular weight is 395 g/mol. The lowest BCUT2D eigenvalue weighted by Gasteiger charge is -2.20. The zero-order valence-corrected chi connectivity index (χ0v) is 15.7. The second-order valence-corrected chi connectivity index (χ2v) is 16.1. The fraction of sp³-hybridized carbons (Fsp3) is 0.667. The van der Waals surface area contributed by atoms with Crippen LogP contribution in [0.4, 0.5) is 5.82 Å². The summed E-state index contributed by atoms with van der Waals surface area (Å²) in [5.74, 6) is 1.99. The van der Waals surface area contributed by atoms with E-state index in [1.54, 1.807) is 22.8 Å². The Balaban J connectivity index is 1.70. The lowest BCUT2D eigenvalue weighted by molar-refractivity contribution is -0.0491. The van der Waals surface area contributed by atoms with Crippen LogP contribution in [0.25, 0.3) is 0 Å². The zero-order chi connectivity index (χ0) is 16.6. The summed E-state index contributed by atoms with van der Waals surface area (Å²) in [5.41, 5.74) is 4.94. The van der Waals surface area contributed by atoms with Crippen molar-refractivity contribution in [1.82, 2.24) is 9.55 Å². The maximum Gasteiger partial charge on any atom is 0.351 e. The Labute approximate surface area is 146 Å². The molecule has 0 radical (unpaired) electrons. The van der Waals surface area contributed by atoms with E-state index in [1.807, 2.05) is 6.92 Å². The summed E-state index contributed by atoms with van der Waals surface area (Å²) in [6, 6.07) is 1.50. The maximum absolute atomic E-state index is 11.9. The van der Waals surface area contributed by atoms with E-state index in [4.69, 9.17) is 26.8 Å². The highest BCUT2D eigenvalue weighted by atomic mass is 33.2. The van der Waals surface area contributed by atoms with Crippen LogP contribution in [0, 0.1) is 5.92 Å². The van der Waals surface area contributed by atoms with Gasteiger partial charge in [-0.2, -0.15) is 4.98 Å². The van der Waals surface area contributed by atoms with E-state index in [0.717, 1.165) is 11.5 Å². The highest BCUT2D eigenvalue weighted by Crippen LogP contribution is 2.74. The highest BCUT2D eigenvalue weighted by molar-refractivity contribution is 9.00. The van der Waals surface area contributed by atoms with E-state index in [-0.39, 0.29) is 17.8 Å². The molecule has 11 heteroatoms. The smallest absolute Gasteiger partial charge is 0.351 e. The lowest BCUT2D eigenvalue weighted by atomic mass is 10.0. The first-order chi connectivity index (χ1) is 10.9. The van der Waals surface area contributed by atoms with Gasteiger partial charge in [0, 0.05) is 23.6 Å². The van der Waals surface area contributed by atoms with Crippen LogP contribution in [-0.4, -0.2) is 45.0 Å². The van der Waals surface area contributed by atoms with Crippen molar-refractivity contribution >= 4 is 45.1 Å². The summed E-state index contributed by atoms with van der Waals surface area (Å²) in [6.45, 7) is 2.20. The van der Waals surface area contributed by atoms with Gasteiger partial charge in [0.1, 0.15) is 11.9 Å². The van der Waals surface area contributed by atoms with Crippen LogP contribution in [0.1, 0.15) is 13.2 Å². The Kier molecular flexibility index (Phi) is 5.42. The molecule has 0 bridgehead atoms. The van der Waals surface area contributed by atoms with Gasteiger partial charge in [-0.1, -0.05) is 29.7 Å². The Morgan fingerprint density at radius 1 is 1.61 bits per heavy atom. The quantitative estimate of drug-likeness (QED) is 0.734. The molecular formula is C12H18N3O4PS3. The van der Waals surface area contributed by atoms with Crippen LogP contribution >= 0.6 is 27.4 Å². The van der Waals surface area contributed by atoms with E-state index >= 15 is 0 Å². The van der Waals surface area contributed by atoms with Crippen molar-refractivity contribution in [2.45, 2.75) is 25.4 Å². The number of ether oxygens (including phenoxy) is 1. The van der Waals surface area contributed by atoms with Gasteiger partial charge in [0.05, 0.1) is 12.7 Å². The third-order valence-corrected chi connectivity index (χ3v) is 13.7. The van der Waals surface area contributed by atoms with Gasteiger partial charge in [0.2, 0.25) is 0 Å². The summed E-state index contributed by atoms with van der Waals surface area (Å²) in [5, 5.41) is 10.4. The van der Waals surface area contributed by atoms with Gasteiger partial charge in [-0.15, -0.1) is 0 Å². The zero-order valence-electron chi connectivity index (χ0n) is 12.4. The molecule has 23 heavy (non-hydrogen) atoms. The number of aliphatic hydroxyl groups is 1. The van der Waals surface area contributed by atoms with Gasteiger partial charge in [-0.05, 0) is 17.9 Å². The molecule has 2 saturated heterocycles. The molecule has 0 aliphatic carbocycles. The van der Waals surface area contributed by atoms with Crippen molar-refractivity contribution < 1.29 is 14.4 Å². The number of nitrogen functional groups attached to an aromatic ring is 1. The molecule has 0 unspecified atom stereocenters. The fourth-order valence-electron chi connectivity index (χ4n) is 2.48. The van der Waals surface area contributed by atoms with E-state index in [1.165, 1.54) is 16.8 Å².